The third-order valence-electron chi connectivity index (χ3n) is 6.20. The standard InChI is InChI=1S/C29H31N3O5/c1-5-6-10-26-31-28(33)22(29(34)32(26)27-24(36-3)8-7-9-25(27)37-4)17-19-11-16-23(30-18-19)20-12-14-21(35-2)15-13-20/h7-9,11-16,18,33H,5-6,10,17H2,1-4H3. The topological polar surface area (TPSA) is 95.7 Å². The van der Waals surface area contributed by atoms with Crippen LogP contribution in [0, 0.1) is 0 Å². The Labute approximate surface area is 216 Å². The molecule has 0 amide bonds. The Hall–Kier alpha value is -4.33. The number of hydrogen-bond acceptors (Lipinski definition) is 7. The van der Waals surface area contributed by atoms with Crippen molar-refractivity contribution in [3.8, 4) is 40.1 Å². The lowest BCUT2D eigenvalue weighted by molar-refractivity contribution is 0.387. The van der Waals surface area contributed by atoms with Gasteiger partial charge in [-0.3, -0.25) is 14.3 Å². The number of aromatic hydroxyl groups is 1. The van der Waals surface area contributed by atoms with Gasteiger partial charge in [-0.05, 0) is 54.4 Å². The van der Waals surface area contributed by atoms with Crippen molar-refractivity contribution < 1.29 is 19.3 Å². The molecule has 8 heteroatoms. The zero-order chi connectivity index (χ0) is 26.4. The van der Waals surface area contributed by atoms with E-state index in [2.05, 4.69) is 16.9 Å². The van der Waals surface area contributed by atoms with Gasteiger partial charge in [0.15, 0.2) is 0 Å². The van der Waals surface area contributed by atoms with Crippen molar-refractivity contribution in [3.05, 3.63) is 88.1 Å². The molecule has 37 heavy (non-hydrogen) atoms. The molecule has 0 aliphatic rings. The van der Waals surface area contributed by atoms with Crippen LogP contribution in [0.2, 0.25) is 0 Å². The van der Waals surface area contributed by atoms with Crippen molar-refractivity contribution in [2.45, 2.75) is 32.6 Å². The van der Waals surface area contributed by atoms with E-state index in [0.717, 1.165) is 35.4 Å². The quantitative estimate of drug-likeness (QED) is 0.328. The Morgan fingerprint density at radius 1 is 0.919 bits per heavy atom. The lowest BCUT2D eigenvalue weighted by atomic mass is 10.1. The second-order valence-corrected chi connectivity index (χ2v) is 8.54. The first kappa shape index (κ1) is 25.8. The second-order valence-electron chi connectivity index (χ2n) is 8.54. The number of nitrogens with zero attached hydrogens (tertiary/aromatic N) is 3. The third kappa shape index (κ3) is 5.43. The van der Waals surface area contributed by atoms with E-state index in [-0.39, 0.29) is 23.4 Å². The molecule has 2 heterocycles. The zero-order valence-electron chi connectivity index (χ0n) is 21.5. The summed E-state index contributed by atoms with van der Waals surface area (Å²) < 4.78 is 17.9. The smallest absolute Gasteiger partial charge is 0.265 e. The SMILES string of the molecule is CCCCc1nc(O)c(Cc2ccc(-c3ccc(OC)cc3)nc2)c(=O)n1-c1c(OC)cccc1OC. The summed E-state index contributed by atoms with van der Waals surface area (Å²) in [6, 6.07) is 16.7. The summed E-state index contributed by atoms with van der Waals surface area (Å²) in [4.78, 5) is 22.9. The predicted molar refractivity (Wildman–Crippen MR) is 142 cm³/mol. The van der Waals surface area contributed by atoms with Crippen LogP contribution in [0.5, 0.6) is 23.1 Å². The van der Waals surface area contributed by atoms with Gasteiger partial charge in [-0.1, -0.05) is 25.5 Å². The summed E-state index contributed by atoms with van der Waals surface area (Å²) in [5.74, 6) is 1.89. The van der Waals surface area contributed by atoms with Gasteiger partial charge in [-0.25, -0.2) is 0 Å². The molecular weight excluding hydrogens is 470 g/mol. The molecule has 0 radical (unpaired) electrons. The van der Waals surface area contributed by atoms with Gasteiger partial charge in [0.05, 0.1) is 32.6 Å². The van der Waals surface area contributed by atoms with Crippen LogP contribution in [-0.4, -0.2) is 41.0 Å². The number of ether oxygens (including phenoxy) is 3. The number of methoxy groups -OCH3 is 3. The second kappa shape index (κ2) is 11.6. The Balaban J connectivity index is 1.76. The fraction of sp³-hybridized carbons (Fsp3) is 0.276. The Morgan fingerprint density at radius 3 is 2.19 bits per heavy atom. The maximum atomic E-state index is 13.9. The number of rotatable bonds is 10. The number of para-hydroxylation sites is 1. The number of pyridine rings is 1. The van der Waals surface area contributed by atoms with Crippen molar-refractivity contribution in [2.75, 3.05) is 21.3 Å². The molecule has 0 aliphatic carbocycles. The predicted octanol–water partition coefficient (Wildman–Crippen LogP) is 4.96. The minimum atomic E-state index is -0.374. The largest absolute Gasteiger partial charge is 0.497 e. The van der Waals surface area contributed by atoms with E-state index >= 15 is 0 Å². The normalized spacial score (nSPS) is 10.8. The summed E-state index contributed by atoms with van der Waals surface area (Å²) >= 11 is 0. The summed E-state index contributed by atoms with van der Waals surface area (Å²) in [5, 5.41) is 10.8. The highest BCUT2D eigenvalue weighted by atomic mass is 16.5. The summed E-state index contributed by atoms with van der Waals surface area (Å²) in [5.41, 5.74) is 2.77. The van der Waals surface area contributed by atoms with Crippen LogP contribution in [0.4, 0.5) is 0 Å². The Kier molecular flexibility index (Phi) is 8.08. The van der Waals surface area contributed by atoms with Gasteiger partial charge in [-0.2, -0.15) is 4.98 Å². The zero-order valence-corrected chi connectivity index (χ0v) is 21.5. The number of aryl methyl sites for hydroxylation is 1. The summed E-state index contributed by atoms with van der Waals surface area (Å²) in [6.07, 6.45) is 4.10. The van der Waals surface area contributed by atoms with Gasteiger partial charge in [0.25, 0.3) is 5.56 Å². The molecule has 0 spiro atoms. The molecule has 2 aromatic heterocycles. The molecule has 0 aliphatic heterocycles. The van der Waals surface area contributed by atoms with E-state index in [1.165, 1.54) is 4.57 Å². The van der Waals surface area contributed by atoms with Crippen LogP contribution < -0.4 is 19.8 Å². The molecule has 4 aromatic rings. The van der Waals surface area contributed by atoms with Crippen LogP contribution in [0.15, 0.2) is 65.6 Å². The molecule has 1 N–H and O–H groups in total. The van der Waals surface area contributed by atoms with Crippen molar-refractivity contribution in [1.29, 1.82) is 0 Å². The van der Waals surface area contributed by atoms with Crippen molar-refractivity contribution >= 4 is 0 Å². The summed E-state index contributed by atoms with van der Waals surface area (Å²) in [7, 11) is 4.71. The molecule has 0 saturated carbocycles. The van der Waals surface area contributed by atoms with E-state index in [1.54, 1.807) is 45.7 Å². The highest BCUT2D eigenvalue weighted by Crippen LogP contribution is 2.33. The minimum Gasteiger partial charge on any atom is -0.497 e. The fourth-order valence-corrected chi connectivity index (χ4v) is 4.19. The molecule has 8 nitrogen and oxygen atoms in total. The lowest BCUT2D eigenvalue weighted by Crippen LogP contribution is -2.28. The van der Waals surface area contributed by atoms with Crippen LogP contribution in [-0.2, 0) is 12.8 Å². The van der Waals surface area contributed by atoms with Crippen LogP contribution in [0.3, 0.4) is 0 Å². The molecule has 192 valence electrons. The van der Waals surface area contributed by atoms with Gasteiger partial charge < -0.3 is 19.3 Å². The fourth-order valence-electron chi connectivity index (χ4n) is 4.19. The first-order valence-corrected chi connectivity index (χ1v) is 12.1. The van der Waals surface area contributed by atoms with Gasteiger partial charge >= 0.3 is 0 Å². The van der Waals surface area contributed by atoms with Crippen molar-refractivity contribution in [2.24, 2.45) is 0 Å². The summed E-state index contributed by atoms with van der Waals surface area (Å²) in [6.45, 7) is 2.06. The van der Waals surface area contributed by atoms with E-state index in [9.17, 15) is 9.90 Å². The maximum Gasteiger partial charge on any atom is 0.265 e. The van der Waals surface area contributed by atoms with E-state index in [1.807, 2.05) is 36.4 Å². The van der Waals surface area contributed by atoms with Gasteiger partial charge in [0.1, 0.15) is 28.8 Å². The van der Waals surface area contributed by atoms with Crippen molar-refractivity contribution in [1.82, 2.24) is 14.5 Å². The van der Waals surface area contributed by atoms with Crippen LogP contribution in [0.1, 0.15) is 36.7 Å². The minimum absolute atomic E-state index is 0.166. The first-order chi connectivity index (χ1) is 18.0. The number of benzene rings is 2. The average molecular weight is 502 g/mol. The number of aromatic nitrogens is 3. The van der Waals surface area contributed by atoms with E-state index in [4.69, 9.17) is 14.2 Å². The molecule has 0 unspecified atom stereocenters. The Bertz CT molecular complexity index is 1390. The number of unbranched alkanes of at least 4 members (excludes halogenated alkanes) is 1. The van der Waals surface area contributed by atoms with Crippen LogP contribution >= 0.6 is 0 Å². The van der Waals surface area contributed by atoms with Gasteiger partial charge in [-0.15, -0.1) is 0 Å². The molecule has 0 saturated heterocycles. The maximum absolute atomic E-state index is 13.9. The molecular formula is C29H31N3O5. The van der Waals surface area contributed by atoms with Crippen molar-refractivity contribution in [3.63, 3.8) is 0 Å². The monoisotopic (exact) mass is 501 g/mol. The highest BCUT2D eigenvalue weighted by molar-refractivity contribution is 5.60. The van der Waals surface area contributed by atoms with E-state index < -0.39 is 0 Å². The van der Waals surface area contributed by atoms with Gasteiger partial charge in [0.2, 0.25) is 5.88 Å². The third-order valence-corrected chi connectivity index (χ3v) is 6.20. The molecule has 2 aromatic carbocycles. The first-order valence-electron chi connectivity index (χ1n) is 12.1. The van der Waals surface area contributed by atoms with Crippen LogP contribution in [0.25, 0.3) is 16.9 Å². The molecule has 0 bridgehead atoms. The van der Waals surface area contributed by atoms with E-state index in [0.29, 0.717) is 29.4 Å². The average Bonchev–Trinajstić information content (AvgIpc) is 2.94. The molecule has 4 rings (SSSR count). The molecule has 0 fully saturated rings. The molecule has 0 atom stereocenters. The Morgan fingerprint density at radius 2 is 1.62 bits per heavy atom. The highest BCUT2D eigenvalue weighted by Gasteiger charge is 2.23. The van der Waals surface area contributed by atoms with Gasteiger partial charge in [0, 0.05) is 24.6 Å². The number of hydrogen-bond donors (Lipinski definition) is 1. The lowest BCUT2D eigenvalue weighted by Gasteiger charge is -2.19.